The molecule has 2 rings (SSSR count). The van der Waals surface area contributed by atoms with Crippen LogP contribution in [-0.2, 0) is 22.3 Å². The molecule has 0 saturated heterocycles. The number of benzene rings is 2. The third-order valence-corrected chi connectivity index (χ3v) is 4.47. The van der Waals surface area contributed by atoms with E-state index in [9.17, 15) is 22.4 Å². The number of carbonyl (C=O) groups excluding carboxylic acids is 1. The van der Waals surface area contributed by atoms with Crippen LogP contribution in [0.25, 0.3) is 0 Å². The summed E-state index contributed by atoms with van der Waals surface area (Å²) in [5.74, 6) is -0.807. The second-order valence-corrected chi connectivity index (χ2v) is 6.76. The van der Waals surface area contributed by atoms with E-state index in [2.05, 4.69) is 5.32 Å². The first-order valence-electron chi connectivity index (χ1n) is 9.20. The molecule has 0 heterocycles. The summed E-state index contributed by atoms with van der Waals surface area (Å²) in [6, 6.07) is 8.14. The van der Waals surface area contributed by atoms with Gasteiger partial charge in [0.25, 0.3) is 0 Å². The molecule has 0 radical (unpaired) electrons. The minimum Gasteiger partial charge on any atom is -0.489 e. The van der Waals surface area contributed by atoms with Crippen molar-refractivity contribution in [3.05, 3.63) is 59.4 Å². The van der Waals surface area contributed by atoms with Crippen molar-refractivity contribution in [2.24, 2.45) is 0 Å². The first kappa shape index (κ1) is 23.6. The van der Waals surface area contributed by atoms with Gasteiger partial charge in [0, 0.05) is 13.7 Å². The monoisotopic (exact) mass is 428 g/mol. The fourth-order valence-corrected chi connectivity index (χ4v) is 2.66. The molecular weight excluding hydrogens is 404 g/mol. The number of anilines is 1. The predicted octanol–water partition coefficient (Wildman–Crippen LogP) is 4.33. The summed E-state index contributed by atoms with van der Waals surface area (Å²) in [5, 5.41) is 2.51. The Morgan fingerprint density at radius 2 is 1.90 bits per heavy atom. The molecule has 2 aromatic carbocycles. The van der Waals surface area contributed by atoms with Gasteiger partial charge in [-0.1, -0.05) is 12.1 Å². The van der Waals surface area contributed by atoms with Crippen LogP contribution in [0.2, 0.25) is 0 Å². The molecule has 164 valence electrons. The Balaban J connectivity index is 2.15. The van der Waals surface area contributed by atoms with E-state index in [0.717, 1.165) is 18.2 Å². The Hall–Kier alpha value is -2.65. The van der Waals surface area contributed by atoms with Crippen LogP contribution in [0.15, 0.2) is 42.5 Å². The predicted molar refractivity (Wildman–Crippen MR) is 105 cm³/mol. The first-order valence-corrected chi connectivity index (χ1v) is 9.20. The number of halogens is 4. The van der Waals surface area contributed by atoms with Crippen molar-refractivity contribution in [3.8, 4) is 5.75 Å². The van der Waals surface area contributed by atoms with E-state index < -0.39 is 23.7 Å². The summed E-state index contributed by atoms with van der Waals surface area (Å²) in [4.78, 5) is 14.3. The Bertz CT molecular complexity index is 858. The maximum Gasteiger partial charge on any atom is 0.416 e. The van der Waals surface area contributed by atoms with Gasteiger partial charge in [0.15, 0.2) is 0 Å². The molecule has 1 N–H and O–H groups in total. The second kappa shape index (κ2) is 10.4. The summed E-state index contributed by atoms with van der Waals surface area (Å²) in [6.07, 6.45) is -4.57. The van der Waals surface area contributed by atoms with Gasteiger partial charge in [0.2, 0.25) is 5.91 Å². The van der Waals surface area contributed by atoms with Crippen LogP contribution < -0.4 is 10.1 Å². The van der Waals surface area contributed by atoms with E-state index in [1.165, 1.54) is 19.2 Å². The molecule has 5 nitrogen and oxygen atoms in total. The van der Waals surface area contributed by atoms with Gasteiger partial charge in [0.05, 0.1) is 23.9 Å². The van der Waals surface area contributed by atoms with Gasteiger partial charge >= 0.3 is 6.18 Å². The van der Waals surface area contributed by atoms with E-state index in [0.29, 0.717) is 5.56 Å². The molecule has 1 atom stereocenters. The summed E-state index contributed by atoms with van der Waals surface area (Å²) in [5.41, 5.74) is -0.325. The molecule has 0 saturated carbocycles. The van der Waals surface area contributed by atoms with Crippen LogP contribution in [0.3, 0.4) is 0 Å². The van der Waals surface area contributed by atoms with Crippen molar-refractivity contribution in [2.45, 2.75) is 25.7 Å². The molecule has 1 amide bonds. The summed E-state index contributed by atoms with van der Waals surface area (Å²) >= 11 is 0. The van der Waals surface area contributed by atoms with Crippen molar-refractivity contribution in [1.29, 1.82) is 0 Å². The van der Waals surface area contributed by atoms with Crippen LogP contribution in [0.1, 0.15) is 18.1 Å². The molecule has 0 aromatic heterocycles. The highest BCUT2D eigenvalue weighted by Crippen LogP contribution is 2.35. The number of rotatable bonds is 9. The first-order chi connectivity index (χ1) is 14.1. The lowest BCUT2D eigenvalue weighted by atomic mass is 10.1. The lowest BCUT2D eigenvalue weighted by molar-refractivity contribution is -0.137. The molecule has 1 unspecified atom stereocenters. The van der Waals surface area contributed by atoms with Crippen molar-refractivity contribution in [2.75, 3.05) is 32.7 Å². The minimum absolute atomic E-state index is 0.0862. The summed E-state index contributed by atoms with van der Waals surface area (Å²) < 4.78 is 62.9. The number of carbonyl (C=O) groups is 1. The zero-order valence-corrected chi connectivity index (χ0v) is 16.9. The number of alkyl halides is 3. The Morgan fingerprint density at radius 3 is 2.53 bits per heavy atom. The molecule has 0 aliphatic heterocycles. The Morgan fingerprint density at radius 1 is 1.17 bits per heavy atom. The topological polar surface area (TPSA) is 50.8 Å². The van der Waals surface area contributed by atoms with Crippen molar-refractivity contribution in [3.63, 3.8) is 0 Å². The van der Waals surface area contributed by atoms with Gasteiger partial charge in [-0.25, -0.2) is 4.39 Å². The fraction of sp³-hybridized carbons (Fsp3) is 0.381. The van der Waals surface area contributed by atoms with Crippen molar-refractivity contribution in [1.82, 2.24) is 4.90 Å². The number of likely N-dealkylation sites (N-methyl/N-ethyl adjacent to an activating group) is 1. The zero-order chi connectivity index (χ0) is 22.3. The van der Waals surface area contributed by atoms with Gasteiger partial charge < -0.3 is 14.8 Å². The lowest BCUT2D eigenvalue weighted by Gasteiger charge is -2.24. The number of nitrogens with one attached hydrogen (secondary N) is 1. The average Bonchev–Trinajstić information content (AvgIpc) is 2.67. The Kier molecular flexibility index (Phi) is 8.19. The standard InChI is InChI=1S/C21H24F4N2O3/c1-14(27(2)13-15-5-4-6-17(22)11-15)20(28)26-18-12-16(21(23,24)25)7-8-19(18)30-10-9-29-3/h4-8,11-12,14H,9-10,13H2,1-3H3,(H,26,28). The molecule has 30 heavy (non-hydrogen) atoms. The molecule has 9 heteroatoms. The number of hydrogen-bond acceptors (Lipinski definition) is 4. The summed E-state index contributed by atoms with van der Waals surface area (Å²) in [6.45, 7) is 2.24. The maximum absolute atomic E-state index is 13.4. The minimum atomic E-state index is -4.57. The van der Waals surface area contributed by atoms with Crippen LogP contribution in [0, 0.1) is 5.82 Å². The van der Waals surface area contributed by atoms with E-state index in [4.69, 9.17) is 9.47 Å². The largest absolute Gasteiger partial charge is 0.489 e. The van der Waals surface area contributed by atoms with Crippen LogP contribution in [0.5, 0.6) is 5.75 Å². The van der Waals surface area contributed by atoms with Crippen LogP contribution in [0.4, 0.5) is 23.2 Å². The van der Waals surface area contributed by atoms with Crippen molar-refractivity contribution < 1.29 is 31.8 Å². The van der Waals surface area contributed by atoms with Gasteiger partial charge in [-0.3, -0.25) is 9.69 Å². The normalized spacial score (nSPS) is 12.7. The SMILES string of the molecule is COCCOc1ccc(C(F)(F)F)cc1NC(=O)C(C)N(C)Cc1cccc(F)c1. The highest BCUT2D eigenvalue weighted by atomic mass is 19.4. The van der Waals surface area contributed by atoms with Crippen LogP contribution in [-0.4, -0.2) is 44.2 Å². The van der Waals surface area contributed by atoms with Gasteiger partial charge in [0.1, 0.15) is 18.2 Å². The second-order valence-electron chi connectivity index (χ2n) is 6.76. The summed E-state index contributed by atoms with van der Waals surface area (Å²) in [7, 11) is 3.13. The highest BCUT2D eigenvalue weighted by Gasteiger charge is 2.31. The van der Waals surface area contributed by atoms with E-state index in [-0.39, 0.29) is 37.0 Å². The number of ether oxygens (including phenoxy) is 2. The number of hydrogen-bond donors (Lipinski definition) is 1. The van der Waals surface area contributed by atoms with Crippen LogP contribution >= 0.6 is 0 Å². The van der Waals surface area contributed by atoms with E-state index in [1.54, 1.807) is 31.0 Å². The number of amides is 1. The molecule has 0 fully saturated rings. The molecular formula is C21H24F4N2O3. The molecule has 0 aliphatic carbocycles. The third kappa shape index (κ3) is 6.70. The quantitative estimate of drug-likeness (QED) is 0.477. The third-order valence-electron chi connectivity index (χ3n) is 4.47. The molecule has 2 aromatic rings. The highest BCUT2D eigenvalue weighted by molar-refractivity contribution is 5.96. The number of methoxy groups -OCH3 is 1. The van der Waals surface area contributed by atoms with E-state index in [1.807, 2.05) is 0 Å². The number of nitrogens with zero attached hydrogens (tertiary/aromatic N) is 1. The van der Waals surface area contributed by atoms with E-state index >= 15 is 0 Å². The van der Waals surface area contributed by atoms with Gasteiger partial charge in [-0.05, 0) is 49.9 Å². The van der Waals surface area contributed by atoms with Gasteiger partial charge in [-0.2, -0.15) is 13.2 Å². The molecule has 0 spiro atoms. The van der Waals surface area contributed by atoms with Gasteiger partial charge in [-0.15, -0.1) is 0 Å². The van der Waals surface area contributed by atoms with Crippen molar-refractivity contribution >= 4 is 11.6 Å². The fourth-order valence-electron chi connectivity index (χ4n) is 2.66. The molecule has 0 bridgehead atoms. The zero-order valence-electron chi connectivity index (χ0n) is 16.9. The Labute approximate surface area is 172 Å². The average molecular weight is 428 g/mol. The molecule has 0 aliphatic rings. The lowest BCUT2D eigenvalue weighted by Crippen LogP contribution is -2.39. The maximum atomic E-state index is 13.4. The smallest absolute Gasteiger partial charge is 0.416 e.